The van der Waals surface area contributed by atoms with Crippen LogP contribution in [0.4, 0.5) is 13.2 Å². The van der Waals surface area contributed by atoms with Crippen molar-refractivity contribution >= 4 is 11.8 Å². The summed E-state index contributed by atoms with van der Waals surface area (Å²) in [5.74, 6) is -2.86. The molecule has 0 saturated carbocycles. The van der Waals surface area contributed by atoms with E-state index in [2.05, 4.69) is 9.97 Å². The molecule has 1 aromatic heterocycles. The minimum Gasteiger partial charge on any atom is -0.294 e. The number of hydrogen-bond donors (Lipinski definition) is 0. The van der Waals surface area contributed by atoms with Gasteiger partial charge in [0.2, 0.25) is 0 Å². The van der Waals surface area contributed by atoms with E-state index in [-0.39, 0.29) is 12.1 Å². The van der Waals surface area contributed by atoms with Crippen LogP contribution in [0.25, 0.3) is 0 Å². The number of aromatic nitrogens is 2. The maximum atomic E-state index is 13.7. The lowest BCUT2D eigenvalue weighted by Crippen LogP contribution is -2.31. The topological polar surface area (TPSA) is 29.0 Å². The average molecular weight is 325 g/mol. The normalized spacial score (nSPS) is 14.9. The molecule has 0 aliphatic carbocycles. The molecule has 0 saturated heterocycles. The van der Waals surface area contributed by atoms with Crippen molar-refractivity contribution in [2.45, 2.75) is 24.7 Å². The van der Waals surface area contributed by atoms with Gasteiger partial charge in [0, 0.05) is 43.4 Å². The summed E-state index contributed by atoms with van der Waals surface area (Å²) in [4.78, 5) is 10.5. The molecule has 0 fully saturated rings. The first-order valence-corrected chi connectivity index (χ1v) is 8.04. The molecule has 0 amide bonds. The summed E-state index contributed by atoms with van der Waals surface area (Å²) in [7, 11) is 0. The predicted molar refractivity (Wildman–Crippen MR) is 77.9 cm³/mol. The van der Waals surface area contributed by atoms with Gasteiger partial charge in [0.15, 0.2) is 16.8 Å². The third kappa shape index (κ3) is 2.96. The van der Waals surface area contributed by atoms with Crippen LogP contribution >= 0.6 is 11.8 Å². The highest BCUT2D eigenvalue weighted by Gasteiger charge is 2.22. The number of nitrogens with zero attached hydrogens (tertiary/aromatic N) is 3. The molecule has 3 nitrogen and oxygen atoms in total. The first kappa shape index (κ1) is 15.3. The van der Waals surface area contributed by atoms with Gasteiger partial charge in [0.1, 0.15) is 5.82 Å². The zero-order chi connectivity index (χ0) is 15.7. The number of fused-ring (bicyclic) bond motifs is 1. The summed E-state index contributed by atoms with van der Waals surface area (Å²) < 4.78 is 40.7. The van der Waals surface area contributed by atoms with Crippen molar-refractivity contribution in [3.8, 4) is 0 Å². The number of rotatable bonds is 3. The van der Waals surface area contributed by atoms with Crippen molar-refractivity contribution in [2.24, 2.45) is 0 Å². The molecule has 2 aromatic rings. The smallest absolute Gasteiger partial charge is 0.187 e. The lowest BCUT2D eigenvalue weighted by Gasteiger charge is -2.28. The molecule has 22 heavy (non-hydrogen) atoms. The Hall–Kier alpha value is -1.60. The summed E-state index contributed by atoms with van der Waals surface area (Å²) >= 11 is 1.47. The molecule has 2 heterocycles. The van der Waals surface area contributed by atoms with Crippen LogP contribution in [0.2, 0.25) is 0 Å². The fraction of sp³-hybridized carbons (Fsp3) is 0.333. The van der Waals surface area contributed by atoms with Crippen LogP contribution in [0.1, 0.15) is 16.8 Å². The Morgan fingerprint density at radius 3 is 2.77 bits per heavy atom. The van der Waals surface area contributed by atoms with Crippen LogP contribution in [0.3, 0.4) is 0 Å². The second-order valence-corrected chi connectivity index (χ2v) is 5.88. The van der Waals surface area contributed by atoms with Crippen molar-refractivity contribution in [1.29, 1.82) is 0 Å². The molecule has 1 aliphatic heterocycles. The molecular formula is C15H14F3N3S. The van der Waals surface area contributed by atoms with E-state index in [1.807, 2.05) is 11.2 Å². The fourth-order valence-electron chi connectivity index (χ4n) is 2.53. The Kier molecular flexibility index (Phi) is 4.35. The maximum absolute atomic E-state index is 13.7. The first-order chi connectivity index (χ1) is 10.6. The van der Waals surface area contributed by atoms with Gasteiger partial charge in [-0.2, -0.15) is 0 Å². The fourth-order valence-corrected chi connectivity index (χ4v) is 2.89. The Labute approximate surface area is 130 Å². The van der Waals surface area contributed by atoms with Gasteiger partial charge in [-0.25, -0.2) is 23.1 Å². The zero-order valence-corrected chi connectivity index (χ0v) is 12.8. The van der Waals surface area contributed by atoms with E-state index in [1.165, 1.54) is 11.8 Å². The summed E-state index contributed by atoms with van der Waals surface area (Å²) in [6, 6.07) is 1.76. The van der Waals surface area contributed by atoms with Crippen molar-refractivity contribution in [3.63, 3.8) is 0 Å². The van der Waals surface area contributed by atoms with Crippen molar-refractivity contribution in [1.82, 2.24) is 14.9 Å². The number of thioether (sulfide) groups is 1. The lowest BCUT2D eigenvalue weighted by atomic mass is 10.1. The third-order valence-corrected chi connectivity index (χ3v) is 4.26. The minimum absolute atomic E-state index is 0.0269. The monoisotopic (exact) mass is 325 g/mol. The van der Waals surface area contributed by atoms with Crippen molar-refractivity contribution < 1.29 is 13.2 Å². The van der Waals surface area contributed by atoms with E-state index >= 15 is 0 Å². The van der Waals surface area contributed by atoms with Gasteiger partial charge in [-0.15, -0.1) is 0 Å². The van der Waals surface area contributed by atoms with E-state index in [0.29, 0.717) is 19.5 Å². The molecule has 0 atom stereocenters. The molecule has 0 unspecified atom stereocenters. The Morgan fingerprint density at radius 1 is 1.23 bits per heavy atom. The number of benzene rings is 1. The highest BCUT2D eigenvalue weighted by atomic mass is 32.2. The highest BCUT2D eigenvalue weighted by Crippen LogP contribution is 2.23. The zero-order valence-electron chi connectivity index (χ0n) is 11.9. The van der Waals surface area contributed by atoms with Gasteiger partial charge in [0.25, 0.3) is 0 Å². The lowest BCUT2D eigenvalue weighted by molar-refractivity contribution is 0.234. The van der Waals surface area contributed by atoms with Crippen LogP contribution in [0.5, 0.6) is 0 Å². The molecule has 1 aliphatic rings. The Balaban J connectivity index is 1.80. The second kappa shape index (κ2) is 6.26. The van der Waals surface area contributed by atoms with Crippen molar-refractivity contribution in [3.05, 3.63) is 52.6 Å². The molecule has 0 spiro atoms. The van der Waals surface area contributed by atoms with Gasteiger partial charge in [-0.3, -0.25) is 4.90 Å². The molecule has 0 N–H and O–H groups in total. The Morgan fingerprint density at radius 2 is 2.00 bits per heavy atom. The van der Waals surface area contributed by atoms with Gasteiger partial charge in [-0.1, -0.05) is 11.8 Å². The number of halogens is 3. The van der Waals surface area contributed by atoms with Gasteiger partial charge in [0.05, 0.1) is 5.69 Å². The van der Waals surface area contributed by atoms with Crippen LogP contribution in [0.15, 0.2) is 23.5 Å². The molecule has 1 aromatic carbocycles. The largest absolute Gasteiger partial charge is 0.294 e. The summed E-state index contributed by atoms with van der Waals surface area (Å²) in [5, 5.41) is 0.717. The maximum Gasteiger partial charge on any atom is 0.187 e. The van der Waals surface area contributed by atoms with Crippen LogP contribution in [-0.2, 0) is 19.5 Å². The standard InChI is InChI=1S/C15H14F3N3S/c1-22-15-19-6-9-7-21(5-4-13(9)20-15)8-10-11(16)2-3-12(17)14(10)18/h2-3,6H,4-5,7-8H2,1H3. The van der Waals surface area contributed by atoms with Gasteiger partial charge in [-0.05, 0) is 18.4 Å². The predicted octanol–water partition coefficient (Wildman–Crippen LogP) is 3.17. The van der Waals surface area contributed by atoms with Gasteiger partial charge >= 0.3 is 0 Å². The molecule has 0 radical (unpaired) electrons. The highest BCUT2D eigenvalue weighted by molar-refractivity contribution is 7.98. The SMILES string of the molecule is CSc1ncc2c(n1)CCN(Cc1c(F)ccc(F)c1F)C2. The van der Waals surface area contributed by atoms with E-state index in [1.54, 1.807) is 6.20 Å². The van der Waals surface area contributed by atoms with Crippen LogP contribution in [0, 0.1) is 17.5 Å². The van der Waals surface area contributed by atoms with Crippen LogP contribution in [-0.4, -0.2) is 27.7 Å². The molecule has 116 valence electrons. The van der Waals surface area contributed by atoms with Crippen LogP contribution < -0.4 is 0 Å². The minimum atomic E-state index is -1.11. The van der Waals surface area contributed by atoms with E-state index in [9.17, 15) is 13.2 Å². The molecule has 0 bridgehead atoms. The van der Waals surface area contributed by atoms with E-state index in [4.69, 9.17) is 0 Å². The average Bonchev–Trinajstić information content (AvgIpc) is 2.54. The molecule has 7 heteroatoms. The summed E-state index contributed by atoms with van der Waals surface area (Å²) in [6.45, 7) is 1.14. The van der Waals surface area contributed by atoms with Crippen molar-refractivity contribution in [2.75, 3.05) is 12.8 Å². The summed E-state index contributed by atoms with van der Waals surface area (Å²) in [5.41, 5.74) is 1.68. The van der Waals surface area contributed by atoms with Gasteiger partial charge < -0.3 is 0 Å². The quantitative estimate of drug-likeness (QED) is 0.492. The Bertz CT molecular complexity index is 709. The second-order valence-electron chi connectivity index (χ2n) is 5.11. The van der Waals surface area contributed by atoms with E-state index < -0.39 is 17.5 Å². The molecular weight excluding hydrogens is 311 g/mol. The first-order valence-electron chi connectivity index (χ1n) is 6.82. The molecule has 3 rings (SSSR count). The third-order valence-electron chi connectivity index (χ3n) is 3.69. The number of hydrogen-bond acceptors (Lipinski definition) is 4. The summed E-state index contributed by atoms with van der Waals surface area (Å²) in [6.07, 6.45) is 4.34. The van der Waals surface area contributed by atoms with E-state index in [0.717, 1.165) is 28.5 Å².